The van der Waals surface area contributed by atoms with E-state index < -0.39 is 11.9 Å². The van der Waals surface area contributed by atoms with Gasteiger partial charge in [-0.05, 0) is 19.1 Å². The molecule has 1 atom stereocenters. The predicted octanol–water partition coefficient (Wildman–Crippen LogP) is 2.91. The molecule has 0 radical (unpaired) electrons. The molecule has 0 spiro atoms. The number of carboxylic acids is 1. The van der Waals surface area contributed by atoms with E-state index in [1.54, 1.807) is 37.4 Å². The summed E-state index contributed by atoms with van der Waals surface area (Å²) in [5.74, 6) is -1.69. The van der Waals surface area contributed by atoms with E-state index in [-0.39, 0.29) is 12.5 Å². The summed E-state index contributed by atoms with van der Waals surface area (Å²) < 4.78 is 0. The largest absolute Gasteiger partial charge is 0.481 e. The molecular weight excluding hydrogens is 300 g/mol. The number of rotatable bonds is 5. The van der Waals surface area contributed by atoms with Gasteiger partial charge in [0.25, 0.3) is 5.91 Å². The summed E-state index contributed by atoms with van der Waals surface area (Å²) in [7, 11) is 1.61. The summed E-state index contributed by atoms with van der Waals surface area (Å²) in [4.78, 5) is 29.0. The zero-order valence-corrected chi connectivity index (χ0v) is 13.6. The highest BCUT2D eigenvalue weighted by molar-refractivity contribution is 7.09. The number of aromatic nitrogens is 1. The van der Waals surface area contributed by atoms with Crippen LogP contribution in [0.3, 0.4) is 0 Å². The van der Waals surface area contributed by atoms with Crippen molar-refractivity contribution in [2.45, 2.75) is 13.8 Å². The molecule has 2 aromatic rings. The second-order valence-electron chi connectivity index (χ2n) is 5.25. The molecule has 22 heavy (non-hydrogen) atoms. The van der Waals surface area contributed by atoms with Crippen LogP contribution in [0.4, 0.5) is 0 Å². The highest BCUT2D eigenvalue weighted by atomic mass is 32.1. The van der Waals surface area contributed by atoms with Crippen LogP contribution < -0.4 is 0 Å². The fourth-order valence-electron chi connectivity index (χ4n) is 2.07. The molecule has 6 heteroatoms. The second-order valence-corrected chi connectivity index (χ2v) is 6.32. The Balaban J connectivity index is 2.09. The Morgan fingerprint density at radius 2 is 1.95 bits per heavy atom. The van der Waals surface area contributed by atoms with E-state index in [9.17, 15) is 9.59 Å². The van der Waals surface area contributed by atoms with E-state index >= 15 is 0 Å². The molecule has 0 bridgehead atoms. The maximum absolute atomic E-state index is 12.3. The quantitative estimate of drug-likeness (QED) is 0.920. The van der Waals surface area contributed by atoms with Gasteiger partial charge in [0.05, 0.1) is 16.6 Å². The molecule has 0 aliphatic carbocycles. The van der Waals surface area contributed by atoms with Gasteiger partial charge in [-0.15, -0.1) is 11.3 Å². The molecule has 0 saturated heterocycles. The van der Waals surface area contributed by atoms with Crippen molar-refractivity contribution in [2.75, 3.05) is 13.6 Å². The lowest BCUT2D eigenvalue weighted by atomic mass is 10.1. The molecule has 116 valence electrons. The number of aliphatic carboxylic acids is 1. The lowest BCUT2D eigenvalue weighted by Gasteiger charge is -2.19. The molecular formula is C16H18N2O3S. The van der Waals surface area contributed by atoms with Gasteiger partial charge in [-0.1, -0.05) is 19.1 Å². The minimum absolute atomic E-state index is 0.182. The van der Waals surface area contributed by atoms with Crippen LogP contribution in [0.25, 0.3) is 11.3 Å². The molecule has 1 N–H and O–H groups in total. The molecule has 5 nitrogen and oxygen atoms in total. The van der Waals surface area contributed by atoms with Crippen LogP contribution in [0.2, 0.25) is 0 Å². The summed E-state index contributed by atoms with van der Waals surface area (Å²) in [5, 5.41) is 11.9. The highest BCUT2D eigenvalue weighted by Gasteiger charge is 2.18. The van der Waals surface area contributed by atoms with E-state index in [0.717, 1.165) is 16.3 Å². The van der Waals surface area contributed by atoms with Gasteiger partial charge in [-0.2, -0.15) is 0 Å². The van der Waals surface area contributed by atoms with Crippen molar-refractivity contribution in [2.24, 2.45) is 5.92 Å². The Kier molecular flexibility index (Phi) is 4.92. The topological polar surface area (TPSA) is 70.5 Å². The first kappa shape index (κ1) is 16.2. The Labute approximate surface area is 133 Å². The lowest BCUT2D eigenvalue weighted by Crippen LogP contribution is -2.33. The van der Waals surface area contributed by atoms with Gasteiger partial charge in [0.1, 0.15) is 0 Å². The number of thiazole rings is 1. The van der Waals surface area contributed by atoms with Gasteiger partial charge in [-0.25, -0.2) is 4.98 Å². The normalized spacial score (nSPS) is 12.0. The average Bonchev–Trinajstić information content (AvgIpc) is 2.93. The average molecular weight is 318 g/mol. The zero-order chi connectivity index (χ0) is 16.3. The smallest absolute Gasteiger partial charge is 0.308 e. The summed E-state index contributed by atoms with van der Waals surface area (Å²) in [6.07, 6.45) is 0. The number of hydrogen-bond donors (Lipinski definition) is 1. The molecule has 1 aromatic carbocycles. The van der Waals surface area contributed by atoms with Gasteiger partial charge < -0.3 is 10.0 Å². The van der Waals surface area contributed by atoms with Gasteiger partial charge >= 0.3 is 5.97 Å². The zero-order valence-electron chi connectivity index (χ0n) is 12.7. The van der Waals surface area contributed by atoms with Crippen molar-refractivity contribution in [1.82, 2.24) is 9.88 Å². The molecule has 2 rings (SSSR count). The first-order valence-electron chi connectivity index (χ1n) is 6.89. The monoisotopic (exact) mass is 318 g/mol. The number of nitrogens with zero attached hydrogens (tertiary/aromatic N) is 2. The van der Waals surface area contributed by atoms with Gasteiger partial charge in [0, 0.05) is 30.1 Å². The Bertz CT molecular complexity index is 679. The van der Waals surface area contributed by atoms with Crippen LogP contribution >= 0.6 is 11.3 Å². The molecule has 1 heterocycles. The molecule has 1 unspecified atom stereocenters. The number of benzene rings is 1. The van der Waals surface area contributed by atoms with Crippen LogP contribution in [0.15, 0.2) is 29.6 Å². The minimum Gasteiger partial charge on any atom is -0.481 e. The fraction of sp³-hybridized carbons (Fsp3) is 0.312. The predicted molar refractivity (Wildman–Crippen MR) is 86.0 cm³/mol. The number of aryl methyl sites for hydroxylation is 1. The van der Waals surface area contributed by atoms with E-state index in [1.165, 1.54) is 4.90 Å². The van der Waals surface area contributed by atoms with Crippen molar-refractivity contribution < 1.29 is 14.7 Å². The Hall–Kier alpha value is -2.21. The van der Waals surface area contributed by atoms with Crippen LogP contribution in [0.1, 0.15) is 22.3 Å². The molecule has 1 aromatic heterocycles. The molecule has 0 saturated carbocycles. The Morgan fingerprint density at radius 3 is 2.45 bits per heavy atom. The van der Waals surface area contributed by atoms with Crippen molar-refractivity contribution in [1.29, 1.82) is 0 Å². The SMILES string of the molecule is Cc1nc(-c2ccc(C(=O)N(C)CC(C)C(=O)O)cc2)cs1. The summed E-state index contributed by atoms with van der Waals surface area (Å²) in [6.45, 7) is 3.71. The third kappa shape index (κ3) is 3.71. The van der Waals surface area contributed by atoms with Gasteiger partial charge in [0.2, 0.25) is 0 Å². The van der Waals surface area contributed by atoms with E-state index in [0.29, 0.717) is 5.56 Å². The molecule has 1 amide bonds. The molecule has 0 aliphatic heterocycles. The second kappa shape index (κ2) is 6.70. The summed E-state index contributed by atoms with van der Waals surface area (Å²) >= 11 is 1.58. The van der Waals surface area contributed by atoms with Crippen molar-refractivity contribution in [3.05, 3.63) is 40.2 Å². The number of carbonyl (C=O) groups is 2. The van der Waals surface area contributed by atoms with Crippen LogP contribution in [0.5, 0.6) is 0 Å². The summed E-state index contributed by atoms with van der Waals surface area (Å²) in [6, 6.07) is 7.20. The number of carboxylic acid groups (broad SMARTS) is 1. The van der Waals surface area contributed by atoms with E-state index in [1.807, 2.05) is 24.4 Å². The third-order valence-electron chi connectivity index (χ3n) is 3.36. The standard InChI is InChI=1S/C16H18N2O3S/c1-10(16(20)21)8-18(3)15(19)13-6-4-12(5-7-13)14-9-22-11(2)17-14/h4-7,9-10H,8H2,1-3H3,(H,20,21). The first-order valence-corrected chi connectivity index (χ1v) is 7.77. The van der Waals surface area contributed by atoms with Gasteiger partial charge in [-0.3, -0.25) is 9.59 Å². The number of amides is 1. The fourth-order valence-corrected chi connectivity index (χ4v) is 2.69. The molecule has 0 fully saturated rings. The Morgan fingerprint density at radius 1 is 1.32 bits per heavy atom. The lowest BCUT2D eigenvalue weighted by molar-refractivity contribution is -0.141. The van der Waals surface area contributed by atoms with E-state index in [4.69, 9.17) is 5.11 Å². The third-order valence-corrected chi connectivity index (χ3v) is 4.14. The molecule has 0 aliphatic rings. The van der Waals surface area contributed by atoms with Gasteiger partial charge in [0.15, 0.2) is 0 Å². The van der Waals surface area contributed by atoms with E-state index in [2.05, 4.69) is 4.98 Å². The maximum atomic E-state index is 12.3. The van der Waals surface area contributed by atoms with Crippen LogP contribution in [-0.2, 0) is 4.79 Å². The van der Waals surface area contributed by atoms with Crippen molar-refractivity contribution in [3.63, 3.8) is 0 Å². The van der Waals surface area contributed by atoms with Crippen LogP contribution in [-0.4, -0.2) is 40.5 Å². The maximum Gasteiger partial charge on any atom is 0.308 e. The van der Waals surface area contributed by atoms with Crippen molar-refractivity contribution in [3.8, 4) is 11.3 Å². The highest BCUT2D eigenvalue weighted by Crippen LogP contribution is 2.22. The van der Waals surface area contributed by atoms with Crippen molar-refractivity contribution >= 4 is 23.2 Å². The summed E-state index contributed by atoms with van der Waals surface area (Å²) in [5.41, 5.74) is 2.40. The number of hydrogen-bond acceptors (Lipinski definition) is 4. The van der Waals surface area contributed by atoms with Crippen LogP contribution in [0, 0.1) is 12.8 Å². The number of carbonyl (C=O) groups excluding carboxylic acids is 1. The minimum atomic E-state index is -0.908. The first-order chi connectivity index (χ1) is 10.4.